The molecule has 5 heteroatoms. The predicted octanol–water partition coefficient (Wildman–Crippen LogP) is 1.76. The van der Waals surface area contributed by atoms with Crippen LogP contribution in [0, 0.1) is 0 Å². The Hall–Kier alpha value is -1.75. The molecule has 0 aliphatic carbocycles. The molecule has 0 saturated carbocycles. The highest BCUT2D eigenvalue weighted by Crippen LogP contribution is 2.25. The number of ether oxygens (including phenoxy) is 3. The number of hydrogen-bond donors (Lipinski definition) is 1. The first-order valence-corrected chi connectivity index (χ1v) is 6.93. The molecule has 1 fully saturated rings. The van der Waals surface area contributed by atoms with Gasteiger partial charge in [-0.15, -0.1) is 0 Å². The first-order chi connectivity index (χ1) is 9.79. The number of para-hydroxylation sites is 2. The van der Waals surface area contributed by atoms with Gasteiger partial charge in [0.2, 0.25) is 5.91 Å². The van der Waals surface area contributed by atoms with Crippen molar-refractivity contribution in [3.8, 4) is 11.5 Å². The van der Waals surface area contributed by atoms with Crippen molar-refractivity contribution in [1.29, 1.82) is 0 Å². The fraction of sp³-hybridized carbons (Fsp3) is 0.533. The molecule has 0 aromatic heterocycles. The summed E-state index contributed by atoms with van der Waals surface area (Å²) in [6.45, 7) is 1.72. The van der Waals surface area contributed by atoms with Crippen molar-refractivity contribution in [2.75, 3.05) is 26.9 Å². The number of methoxy groups -OCH3 is 1. The van der Waals surface area contributed by atoms with Crippen LogP contribution in [0.4, 0.5) is 0 Å². The molecule has 1 aliphatic rings. The Labute approximate surface area is 119 Å². The van der Waals surface area contributed by atoms with Gasteiger partial charge in [-0.1, -0.05) is 12.1 Å². The summed E-state index contributed by atoms with van der Waals surface area (Å²) in [7, 11) is 1.59. The lowest BCUT2D eigenvalue weighted by Crippen LogP contribution is -2.32. The number of carbonyl (C=O) groups is 1. The summed E-state index contributed by atoms with van der Waals surface area (Å²) in [5, 5.41) is 2.86. The topological polar surface area (TPSA) is 56.8 Å². The molecule has 20 heavy (non-hydrogen) atoms. The Bertz CT molecular complexity index is 430. The van der Waals surface area contributed by atoms with Crippen molar-refractivity contribution >= 4 is 5.91 Å². The SMILES string of the molecule is COc1ccccc1OCCC(=O)NCC1CCCO1. The van der Waals surface area contributed by atoms with E-state index in [2.05, 4.69) is 5.32 Å². The molecule has 1 saturated heterocycles. The average Bonchev–Trinajstić information content (AvgIpc) is 2.99. The number of rotatable bonds is 7. The number of benzene rings is 1. The second kappa shape index (κ2) is 7.75. The lowest BCUT2D eigenvalue weighted by Gasteiger charge is -2.12. The fourth-order valence-corrected chi connectivity index (χ4v) is 2.11. The third kappa shape index (κ3) is 4.42. The van der Waals surface area contributed by atoms with Gasteiger partial charge >= 0.3 is 0 Å². The zero-order valence-corrected chi connectivity index (χ0v) is 11.8. The minimum absolute atomic E-state index is 0.0182. The first-order valence-electron chi connectivity index (χ1n) is 6.93. The van der Waals surface area contributed by atoms with Crippen molar-refractivity contribution in [1.82, 2.24) is 5.32 Å². The Morgan fingerprint density at radius 1 is 1.40 bits per heavy atom. The number of hydrogen-bond acceptors (Lipinski definition) is 4. The van der Waals surface area contributed by atoms with Crippen LogP contribution in [0.5, 0.6) is 11.5 Å². The van der Waals surface area contributed by atoms with Gasteiger partial charge in [-0.2, -0.15) is 0 Å². The second-order valence-corrected chi connectivity index (χ2v) is 4.69. The van der Waals surface area contributed by atoms with E-state index in [9.17, 15) is 4.79 Å². The molecule has 5 nitrogen and oxygen atoms in total. The Morgan fingerprint density at radius 3 is 2.90 bits per heavy atom. The van der Waals surface area contributed by atoms with Gasteiger partial charge in [0.05, 0.1) is 26.2 Å². The third-order valence-corrected chi connectivity index (χ3v) is 3.21. The van der Waals surface area contributed by atoms with E-state index in [1.54, 1.807) is 7.11 Å². The van der Waals surface area contributed by atoms with Crippen molar-refractivity contribution in [2.45, 2.75) is 25.4 Å². The van der Waals surface area contributed by atoms with E-state index in [1.165, 1.54) is 0 Å². The second-order valence-electron chi connectivity index (χ2n) is 4.69. The summed E-state index contributed by atoms with van der Waals surface area (Å²) in [4.78, 5) is 11.7. The molecule has 0 bridgehead atoms. The van der Waals surface area contributed by atoms with E-state index < -0.39 is 0 Å². The van der Waals surface area contributed by atoms with E-state index in [-0.39, 0.29) is 12.0 Å². The zero-order chi connectivity index (χ0) is 14.2. The zero-order valence-electron chi connectivity index (χ0n) is 11.8. The minimum atomic E-state index is -0.0182. The summed E-state index contributed by atoms with van der Waals surface area (Å²) >= 11 is 0. The number of nitrogens with one attached hydrogen (secondary N) is 1. The molecule has 1 N–H and O–H groups in total. The molecule has 1 atom stereocenters. The molecular formula is C15H21NO4. The predicted molar refractivity (Wildman–Crippen MR) is 75.1 cm³/mol. The molecular weight excluding hydrogens is 258 g/mol. The Balaban J connectivity index is 1.65. The van der Waals surface area contributed by atoms with Crippen LogP contribution in [0.1, 0.15) is 19.3 Å². The van der Waals surface area contributed by atoms with Gasteiger partial charge in [-0.25, -0.2) is 0 Å². The Morgan fingerprint density at radius 2 is 2.20 bits per heavy atom. The summed E-state index contributed by atoms with van der Waals surface area (Å²) in [5.74, 6) is 1.31. The molecule has 110 valence electrons. The van der Waals surface area contributed by atoms with Crippen LogP contribution in [0.2, 0.25) is 0 Å². The number of amides is 1. The molecule has 0 spiro atoms. The molecule has 1 amide bonds. The summed E-state index contributed by atoms with van der Waals surface area (Å²) in [5.41, 5.74) is 0. The lowest BCUT2D eigenvalue weighted by atomic mass is 10.2. The van der Waals surface area contributed by atoms with Crippen LogP contribution in [0.3, 0.4) is 0 Å². The van der Waals surface area contributed by atoms with E-state index in [0.29, 0.717) is 31.1 Å². The molecule has 1 unspecified atom stereocenters. The smallest absolute Gasteiger partial charge is 0.223 e. The van der Waals surface area contributed by atoms with Crippen LogP contribution < -0.4 is 14.8 Å². The van der Waals surface area contributed by atoms with Gasteiger partial charge in [-0.3, -0.25) is 4.79 Å². The van der Waals surface area contributed by atoms with Crippen LogP contribution in [0.15, 0.2) is 24.3 Å². The largest absolute Gasteiger partial charge is 0.493 e. The highest BCUT2D eigenvalue weighted by atomic mass is 16.5. The maximum atomic E-state index is 11.7. The van der Waals surface area contributed by atoms with E-state index in [0.717, 1.165) is 19.4 Å². The van der Waals surface area contributed by atoms with Crippen LogP contribution >= 0.6 is 0 Å². The summed E-state index contributed by atoms with van der Waals surface area (Å²) < 4.78 is 16.2. The van der Waals surface area contributed by atoms with Crippen molar-refractivity contribution < 1.29 is 19.0 Å². The van der Waals surface area contributed by atoms with Crippen molar-refractivity contribution in [3.05, 3.63) is 24.3 Å². The quantitative estimate of drug-likeness (QED) is 0.826. The lowest BCUT2D eigenvalue weighted by molar-refractivity contribution is -0.122. The Kier molecular flexibility index (Phi) is 5.68. The van der Waals surface area contributed by atoms with Gasteiger partial charge in [0.25, 0.3) is 0 Å². The first kappa shape index (κ1) is 14.7. The average molecular weight is 279 g/mol. The van der Waals surface area contributed by atoms with Gasteiger partial charge in [0.15, 0.2) is 11.5 Å². The van der Waals surface area contributed by atoms with Crippen LogP contribution in [-0.2, 0) is 9.53 Å². The third-order valence-electron chi connectivity index (χ3n) is 3.21. The van der Waals surface area contributed by atoms with Gasteiger partial charge in [0, 0.05) is 13.2 Å². The normalized spacial score (nSPS) is 17.8. The minimum Gasteiger partial charge on any atom is -0.493 e. The molecule has 1 aliphatic heterocycles. The fourth-order valence-electron chi connectivity index (χ4n) is 2.11. The van der Waals surface area contributed by atoms with Crippen molar-refractivity contribution in [3.63, 3.8) is 0 Å². The maximum Gasteiger partial charge on any atom is 0.223 e. The summed E-state index contributed by atoms with van der Waals surface area (Å²) in [6, 6.07) is 7.39. The molecule has 1 heterocycles. The van der Waals surface area contributed by atoms with Gasteiger partial charge < -0.3 is 19.5 Å². The van der Waals surface area contributed by atoms with Crippen LogP contribution in [-0.4, -0.2) is 38.9 Å². The highest BCUT2D eigenvalue weighted by Gasteiger charge is 2.16. The van der Waals surface area contributed by atoms with E-state index in [4.69, 9.17) is 14.2 Å². The molecule has 1 aromatic rings. The monoisotopic (exact) mass is 279 g/mol. The maximum absolute atomic E-state index is 11.7. The molecule has 1 aromatic carbocycles. The molecule has 0 radical (unpaired) electrons. The van der Waals surface area contributed by atoms with Crippen LogP contribution in [0.25, 0.3) is 0 Å². The standard InChI is InChI=1S/C15H21NO4/c1-18-13-6-2-3-7-14(13)20-10-8-15(17)16-11-12-5-4-9-19-12/h2-3,6-7,12H,4-5,8-11H2,1H3,(H,16,17). The van der Waals surface area contributed by atoms with Gasteiger partial charge in [-0.05, 0) is 25.0 Å². The van der Waals surface area contributed by atoms with Crippen molar-refractivity contribution in [2.24, 2.45) is 0 Å². The van der Waals surface area contributed by atoms with Gasteiger partial charge in [0.1, 0.15) is 0 Å². The van der Waals surface area contributed by atoms with E-state index >= 15 is 0 Å². The molecule has 2 rings (SSSR count). The number of carbonyl (C=O) groups excluding carboxylic acids is 1. The van der Waals surface area contributed by atoms with E-state index in [1.807, 2.05) is 24.3 Å². The highest BCUT2D eigenvalue weighted by molar-refractivity contribution is 5.76. The summed E-state index contributed by atoms with van der Waals surface area (Å²) in [6.07, 6.45) is 2.61.